The molecule has 0 saturated carbocycles. The standard InChI is InChI=1S/C22H10Cl2F3NO4S2/c23-15-5-1-10(22(25,26)27)7-14(15)17-6-3-12(32-17)9-18-19(29)28(21(33)34-18)11-2-4-13(20(30)31)16(24)8-11/h1-9H,(H,30,31)/b18-9+. The van der Waals surface area contributed by atoms with Gasteiger partial charge in [0.1, 0.15) is 11.5 Å². The molecule has 0 aliphatic carbocycles. The number of alkyl halides is 3. The van der Waals surface area contributed by atoms with Gasteiger partial charge in [0.15, 0.2) is 4.32 Å². The van der Waals surface area contributed by atoms with Crippen LogP contribution in [0.15, 0.2) is 57.9 Å². The van der Waals surface area contributed by atoms with Crippen LogP contribution in [0.5, 0.6) is 0 Å². The molecule has 1 amide bonds. The van der Waals surface area contributed by atoms with Crippen LogP contribution in [0, 0.1) is 0 Å². The Kier molecular flexibility index (Phi) is 6.52. The van der Waals surface area contributed by atoms with Crippen molar-refractivity contribution in [3.05, 3.63) is 80.4 Å². The van der Waals surface area contributed by atoms with Crippen LogP contribution in [-0.2, 0) is 11.0 Å². The van der Waals surface area contributed by atoms with Crippen molar-refractivity contribution in [1.29, 1.82) is 0 Å². The van der Waals surface area contributed by atoms with Gasteiger partial charge in [0.25, 0.3) is 5.91 Å². The van der Waals surface area contributed by atoms with Crippen LogP contribution >= 0.6 is 47.2 Å². The summed E-state index contributed by atoms with van der Waals surface area (Å²) in [6, 6.07) is 9.80. The maximum absolute atomic E-state index is 13.1. The molecule has 2 aromatic carbocycles. The highest BCUT2D eigenvalue weighted by Crippen LogP contribution is 2.39. The first kappa shape index (κ1) is 24.3. The number of carbonyl (C=O) groups excluding carboxylic acids is 1. The quantitative estimate of drug-likeness (QED) is 0.273. The third-order valence-electron chi connectivity index (χ3n) is 4.69. The number of halogens is 5. The van der Waals surface area contributed by atoms with Gasteiger partial charge in [0.2, 0.25) is 0 Å². The molecule has 5 nitrogen and oxygen atoms in total. The number of furan rings is 1. The summed E-state index contributed by atoms with van der Waals surface area (Å²) >= 11 is 18.3. The van der Waals surface area contributed by atoms with Gasteiger partial charge >= 0.3 is 12.1 Å². The molecule has 2 heterocycles. The third kappa shape index (κ3) is 4.72. The van der Waals surface area contributed by atoms with Gasteiger partial charge in [-0.1, -0.05) is 47.2 Å². The van der Waals surface area contributed by atoms with Crippen molar-refractivity contribution in [2.75, 3.05) is 4.90 Å². The number of hydrogen-bond donors (Lipinski definition) is 1. The third-order valence-corrected chi connectivity index (χ3v) is 6.64. The average Bonchev–Trinajstić information content (AvgIpc) is 3.31. The fourth-order valence-corrected chi connectivity index (χ4v) is 4.85. The highest BCUT2D eigenvalue weighted by molar-refractivity contribution is 8.27. The lowest BCUT2D eigenvalue weighted by molar-refractivity contribution is -0.137. The molecule has 0 atom stereocenters. The Balaban J connectivity index is 1.62. The zero-order valence-electron chi connectivity index (χ0n) is 16.5. The fraction of sp³-hybridized carbons (Fsp3) is 0.0455. The fourth-order valence-electron chi connectivity index (χ4n) is 3.10. The summed E-state index contributed by atoms with van der Waals surface area (Å²) in [6.45, 7) is 0. The molecule has 1 N–H and O–H groups in total. The van der Waals surface area contributed by atoms with Gasteiger partial charge in [-0.3, -0.25) is 9.69 Å². The molecule has 0 unspecified atom stereocenters. The van der Waals surface area contributed by atoms with E-state index in [4.69, 9.17) is 44.9 Å². The minimum Gasteiger partial charge on any atom is -0.478 e. The van der Waals surface area contributed by atoms with Crippen molar-refractivity contribution in [3.63, 3.8) is 0 Å². The van der Waals surface area contributed by atoms with E-state index < -0.39 is 23.6 Å². The number of carboxylic acid groups (broad SMARTS) is 1. The van der Waals surface area contributed by atoms with Gasteiger partial charge in [0.05, 0.1) is 31.8 Å². The number of rotatable bonds is 4. The van der Waals surface area contributed by atoms with Crippen LogP contribution in [0.4, 0.5) is 18.9 Å². The van der Waals surface area contributed by atoms with E-state index in [2.05, 4.69) is 0 Å². The second-order valence-corrected chi connectivity index (χ2v) is 9.37. The topological polar surface area (TPSA) is 70.8 Å². The van der Waals surface area contributed by atoms with Crippen LogP contribution in [0.1, 0.15) is 21.7 Å². The van der Waals surface area contributed by atoms with Crippen molar-refractivity contribution < 1.29 is 32.3 Å². The number of hydrogen-bond acceptors (Lipinski definition) is 5. The van der Waals surface area contributed by atoms with Crippen molar-refractivity contribution in [2.24, 2.45) is 0 Å². The number of anilines is 1. The first-order valence-corrected chi connectivity index (χ1v) is 11.2. The number of thioether (sulfide) groups is 1. The lowest BCUT2D eigenvalue weighted by atomic mass is 10.1. The van der Waals surface area contributed by atoms with Crippen molar-refractivity contribution in [3.8, 4) is 11.3 Å². The monoisotopic (exact) mass is 543 g/mol. The summed E-state index contributed by atoms with van der Waals surface area (Å²) in [5.41, 5.74) is -0.658. The second kappa shape index (κ2) is 9.10. The maximum atomic E-state index is 13.1. The number of benzene rings is 2. The van der Waals surface area contributed by atoms with E-state index in [-0.39, 0.29) is 47.6 Å². The molecule has 1 saturated heterocycles. The number of nitrogens with zero attached hydrogens (tertiary/aromatic N) is 1. The molecule has 174 valence electrons. The van der Waals surface area contributed by atoms with Crippen LogP contribution in [-0.4, -0.2) is 21.3 Å². The average molecular weight is 544 g/mol. The summed E-state index contributed by atoms with van der Waals surface area (Å²) in [5.74, 6) is -1.42. The molecule has 12 heteroatoms. The first-order valence-electron chi connectivity index (χ1n) is 9.23. The molecular weight excluding hydrogens is 534 g/mol. The van der Waals surface area contributed by atoms with E-state index in [1.54, 1.807) is 0 Å². The van der Waals surface area contributed by atoms with Gasteiger partial charge < -0.3 is 9.52 Å². The van der Waals surface area contributed by atoms with E-state index in [0.717, 1.165) is 30.0 Å². The Morgan fingerprint density at radius 2 is 1.82 bits per heavy atom. The molecule has 1 aliphatic heterocycles. The van der Waals surface area contributed by atoms with Gasteiger partial charge in [-0.15, -0.1) is 0 Å². The summed E-state index contributed by atoms with van der Waals surface area (Å²) in [7, 11) is 0. The van der Waals surface area contributed by atoms with Crippen LogP contribution in [0.25, 0.3) is 17.4 Å². The molecule has 1 fully saturated rings. The summed E-state index contributed by atoms with van der Waals surface area (Å²) in [5, 5.41) is 9.12. The molecule has 3 aromatic rings. The molecule has 1 aromatic heterocycles. The Morgan fingerprint density at radius 3 is 2.47 bits per heavy atom. The first-order chi connectivity index (χ1) is 16.0. The van der Waals surface area contributed by atoms with Crippen molar-refractivity contribution in [2.45, 2.75) is 6.18 Å². The minimum atomic E-state index is -4.55. The number of thiocarbonyl (C=S) groups is 1. The molecular formula is C22H10Cl2F3NO4S2. The smallest absolute Gasteiger partial charge is 0.416 e. The molecule has 0 bridgehead atoms. The van der Waals surface area contributed by atoms with Gasteiger partial charge in [0, 0.05) is 11.6 Å². The Bertz CT molecular complexity index is 1380. The predicted octanol–water partition coefficient (Wildman–Crippen LogP) is 7.38. The number of aromatic carboxylic acids is 1. The lowest BCUT2D eigenvalue weighted by Gasteiger charge is -2.15. The molecule has 0 spiro atoms. The Morgan fingerprint density at radius 1 is 1.09 bits per heavy atom. The van der Waals surface area contributed by atoms with E-state index in [0.29, 0.717) is 0 Å². The predicted molar refractivity (Wildman–Crippen MR) is 128 cm³/mol. The Labute approximate surface area is 209 Å². The highest BCUT2D eigenvalue weighted by atomic mass is 35.5. The van der Waals surface area contributed by atoms with Crippen LogP contribution < -0.4 is 4.90 Å². The van der Waals surface area contributed by atoms with Crippen LogP contribution in [0.3, 0.4) is 0 Å². The molecule has 0 radical (unpaired) electrons. The van der Waals surface area contributed by atoms with Gasteiger partial charge in [-0.25, -0.2) is 4.79 Å². The second-order valence-electron chi connectivity index (χ2n) is 6.88. The zero-order valence-corrected chi connectivity index (χ0v) is 19.7. The molecule has 34 heavy (non-hydrogen) atoms. The summed E-state index contributed by atoms with van der Waals surface area (Å²) in [4.78, 5) is 25.5. The van der Waals surface area contributed by atoms with Gasteiger partial charge in [-0.05, 0) is 48.5 Å². The van der Waals surface area contributed by atoms with E-state index >= 15 is 0 Å². The normalized spacial score (nSPS) is 15.4. The van der Waals surface area contributed by atoms with E-state index in [1.807, 2.05) is 0 Å². The highest BCUT2D eigenvalue weighted by Gasteiger charge is 2.34. The molecule has 4 rings (SSSR count). The van der Waals surface area contributed by atoms with E-state index in [9.17, 15) is 22.8 Å². The van der Waals surface area contributed by atoms with E-state index in [1.165, 1.54) is 41.3 Å². The summed E-state index contributed by atoms with van der Waals surface area (Å²) < 4.78 is 45.0. The minimum absolute atomic E-state index is 0.0526. The largest absolute Gasteiger partial charge is 0.478 e. The zero-order chi connectivity index (χ0) is 24.8. The van der Waals surface area contributed by atoms with Crippen LogP contribution in [0.2, 0.25) is 10.0 Å². The lowest BCUT2D eigenvalue weighted by Crippen LogP contribution is -2.27. The number of carboxylic acids is 1. The number of carbonyl (C=O) groups is 2. The SMILES string of the molecule is O=C(O)c1ccc(N2C(=O)/C(=C\c3ccc(-c4cc(C(F)(F)F)ccc4Cl)o3)SC2=S)cc1Cl. The van der Waals surface area contributed by atoms with Crippen molar-refractivity contribution >= 4 is 75.1 Å². The van der Waals surface area contributed by atoms with Gasteiger partial charge in [-0.2, -0.15) is 13.2 Å². The van der Waals surface area contributed by atoms with Crippen molar-refractivity contribution in [1.82, 2.24) is 0 Å². The molecule has 1 aliphatic rings. The maximum Gasteiger partial charge on any atom is 0.416 e. The number of amides is 1. The summed E-state index contributed by atoms with van der Waals surface area (Å²) in [6.07, 6.45) is -3.15. The Hall–Kier alpha value is -2.79.